The molecule has 0 unspecified atom stereocenters. The lowest BCUT2D eigenvalue weighted by molar-refractivity contribution is 1.28. The van der Waals surface area contributed by atoms with Crippen LogP contribution in [0.2, 0.25) is 0 Å². The predicted octanol–water partition coefficient (Wildman–Crippen LogP) is 18.9. The molecule has 320 valence electrons. The molecule has 0 saturated carbocycles. The molecule has 0 N–H and O–H groups in total. The van der Waals surface area contributed by atoms with Gasteiger partial charge in [0.05, 0.1) is 0 Å². The summed E-state index contributed by atoms with van der Waals surface area (Å²) in [6, 6.07) is 97.3. The first-order valence-electron chi connectivity index (χ1n) is 23.5. The van der Waals surface area contributed by atoms with E-state index in [1.807, 2.05) is 0 Å². The number of rotatable bonds is 9. The number of aryl methyl sites for hydroxylation is 1. The van der Waals surface area contributed by atoms with Crippen molar-refractivity contribution >= 4 is 49.4 Å². The van der Waals surface area contributed by atoms with Crippen LogP contribution in [0.3, 0.4) is 0 Å². The molecule has 0 aliphatic carbocycles. The highest BCUT2D eigenvalue weighted by Crippen LogP contribution is 2.43. The maximum atomic E-state index is 2.38. The van der Waals surface area contributed by atoms with Crippen molar-refractivity contribution in [2.45, 2.75) is 6.92 Å². The Morgan fingerprint density at radius 1 is 0.206 bits per heavy atom. The molecule has 12 aromatic carbocycles. The molecule has 0 spiro atoms. The van der Waals surface area contributed by atoms with E-state index in [1.54, 1.807) is 0 Å². The van der Waals surface area contributed by atoms with Crippen molar-refractivity contribution in [3.05, 3.63) is 272 Å². The molecule has 0 radical (unpaired) electrons. The van der Waals surface area contributed by atoms with E-state index in [1.165, 1.54) is 105 Å². The van der Waals surface area contributed by atoms with Crippen LogP contribution in [0.25, 0.3) is 99.1 Å². The summed E-state index contributed by atoms with van der Waals surface area (Å²) in [5.74, 6) is 0. The van der Waals surface area contributed by atoms with E-state index in [-0.39, 0.29) is 0 Å². The molecule has 12 rings (SSSR count). The number of fused-ring (bicyclic) bond motifs is 3. The van der Waals surface area contributed by atoms with Crippen molar-refractivity contribution in [3.63, 3.8) is 0 Å². The second-order valence-corrected chi connectivity index (χ2v) is 17.6. The number of anilines is 3. The smallest absolute Gasteiger partial charge is 0.0462 e. The van der Waals surface area contributed by atoms with Gasteiger partial charge in [-0.25, -0.2) is 0 Å². The van der Waals surface area contributed by atoms with Gasteiger partial charge in [-0.2, -0.15) is 0 Å². The number of benzene rings is 12. The maximum Gasteiger partial charge on any atom is 0.0462 e. The monoisotopic (exact) mass is 865 g/mol. The van der Waals surface area contributed by atoms with Crippen LogP contribution in [0.4, 0.5) is 17.1 Å². The summed E-state index contributed by atoms with van der Waals surface area (Å²) in [7, 11) is 0. The zero-order valence-corrected chi connectivity index (χ0v) is 37.9. The van der Waals surface area contributed by atoms with Gasteiger partial charge in [0.2, 0.25) is 0 Å². The van der Waals surface area contributed by atoms with E-state index in [0.29, 0.717) is 0 Å². The fourth-order valence-corrected chi connectivity index (χ4v) is 10.4. The molecule has 68 heavy (non-hydrogen) atoms. The summed E-state index contributed by atoms with van der Waals surface area (Å²) in [6.07, 6.45) is 0. The summed E-state index contributed by atoms with van der Waals surface area (Å²) in [5.41, 5.74) is 19.2. The van der Waals surface area contributed by atoms with E-state index in [9.17, 15) is 0 Å². The Balaban J connectivity index is 0.946. The van der Waals surface area contributed by atoms with Crippen LogP contribution in [0.1, 0.15) is 5.56 Å². The van der Waals surface area contributed by atoms with E-state index in [2.05, 4.69) is 279 Å². The molecule has 1 heteroatoms. The minimum Gasteiger partial charge on any atom is -0.311 e. The van der Waals surface area contributed by atoms with Gasteiger partial charge in [-0.05, 0) is 148 Å². The third-order valence-electron chi connectivity index (χ3n) is 13.7. The summed E-state index contributed by atoms with van der Waals surface area (Å²) in [5, 5.41) is 7.55. The van der Waals surface area contributed by atoms with Gasteiger partial charge in [-0.15, -0.1) is 0 Å². The van der Waals surface area contributed by atoms with Gasteiger partial charge in [0.1, 0.15) is 0 Å². The highest BCUT2D eigenvalue weighted by molar-refractivity contribution is 6.08. The average molecular weight is 866 g/mol. The van der Waals surface area contributed by atoms with E-state index >= 15 is 0 Å². The van der Waals surface area contributed by atoms with E-state index < -0.39 is 0 Å². The fourth-order valence-electron chi connectivity index (χ4n) is 10.4. The van der Waals surface area contributed by atoms with Gasteiger partial charge in [-0.1, -0.05) is 231 Å². The molecule has 0 fully saturated rings. The Labute approximate surface area is 398 Å². The van der Waals surface area contributed by atoms with Crippen LogP contribution >= 0.6 is 0 Å². The number of hydrogen-bond donors (Lipinski definition) is 0. The van der Waals surface area contributed by atoms with Gasteiger partial charge < -0.3 is 4.90 Å². The summed E-state index contributed by atoms with van der Waals surface area (Å²) >= 11 is 0. The Hall–Kier alpha value is -8.78. The lowest BCUT2D eigenvalue weighted by Crippen LogP contribution is -2.09. The molecule has 0 saturated heterocycles. The van der Waals surface area contributed by atoms with Crippen molar-refractivity contribution in [1.82, 2.24) is 0 Å². The van der Waals surface area contributed by atoms with Crippen LogP contribution in [0.15, 0.2) is 267 Å². The molecule has 0 aliphatic rings. The zero-order chi connectivity index (χ0) is 45.4. The Morgan fingerprint density at radius 2 is 0.485 bits per heavy atom. The SMILES string of the molecule is Cc1ccc(-c2ccc(N(c3ccc(-c4cccc5c(-c6ccccc6)cccc45)cc3)c3ccc(-c4cccc5c(-c6ccccc6)cccc45)cc3)cc2)c2cccc(-c3ccccc3)c12. The number of nitrogens with zero attached hydrogens (tertiary/aromatic N) is 1. The highest BCUT2D eigenvalue weighted by Gasteiger charge is 2.17. The largest absolute Gasteiger partial charge is 0.311 e. The van der Waals surface area contributed by atoms with Crippen molar-refractivity contribution in [2.75, 3.05) is 4.90 Å². The third kappa shape index (κ3) is 7.41. The van der Waals surface area contributed by atoms with Gasteiger partial charge in [0.15, 0.2) is 0 Å². The maximum absolute atomic E-state index is 2.38. The van der Waals surface area contributed by atoms with Crippen molar-refractivity contribution in [3.8, 4) is 66.8 Å². The molecule has 0 aromatic heterocycles. The van der Waals surface area contributed by atoms with E-state index in [0.717, 1.165) is 17.1 Å². The summed E-state index contributed by atoms with van der Waals surface area (Å²) in [4.78, 5) is 2.38. The minimum atomic E-state index is 1.09. The minimum absolute atomic E-state index is 1.09. The normalized spacial score (nSPS) is 11.3. The number of hydrogen-bond acceptors (Lipinski definition) is 1. The Morgan fingerprint density at radius 3 is 0.838 bits per heavy atom. The molecular formula is C67H47N. The van der Waals surface area contributed by atoms with Crippen LogP contribution in [-0.4, -0.2) is 0 Å². The first kappa shape index (κ1) is 40.7. The van der Waals surface area contributed by atoms with Gasteiger partial charge in [0.25, 0.3) is 0 Å². The molecule has 0 atom stereocenters. The van der Waals surface area contributed by atoms with Gasteiger partial charge in [-0.3, -0.25) is 0 Å². The van der Waals surface area contributed by atoms with Crippen LogP contribution in [0, 0.1) is 6.92 Å². The lowest BCUT2D eigenvalue weighted by Gasteiger charge is -2.26. The van der Waals surface area contributed by atoms with Gasteiger partial charge in [0, 0.05) is 17.1 Å². The summed E-state index contributed by atoms with van der Waals surface area (Å²) < 4.78 is 0. The van der Waals surface area contributed by atoms with Crippen LogP contribution in [0.5, 0.6) is 0 Å². The first-order valence-corrected chi connectivity index (χ1v) is 23.5. The van der Waals surface area contributed by atoms with E-state index in [4.69, 9.17) is 0 Å². The highest BCUT2D eigenvalue weighted by atomic mass is 15.1. The first-order chi connectivity index (χ1) is 33.7. The molecule has 0 aliphatic heterocycles. The fraction of sp³-hybridized carbons (Fsp3) is 0.0149. The van der Waals surface area contributed by atoms with Crippen LogP contribution < -0.4 is 4.90 Å². The molecule has 0 amide bonds. The molecule has 12 aromatic rings. The molecule has 1 nitrogen and oxygen atoms in total. The van der Waals surface area contributed by atoms with Crippen molar-refractivity contribution in [2.24, 2.45) is 0 Å². The second-order valence-electron chi connectivity index (χ2n) is 17.6. The zero-order valence-electron chi connectivity index (χ0n) is 37.9. The third-order valence-corrected chi connectivity index (χ3v) is 13.7. The topological polar surface area (TPSA) is 3.24 Å². The standard InChI is InChI=1S/C67H47N/c1-46-32-45-60(66-31-15-26-61(67(46)66)49-20-9-4-10-21-49)52-37-43-55(44-38-52)68(53-39-33-50(34-40-53)58-24-13-27-62-56(22-11-29-64(58)62)47-16-5-2-6-17-47)54-41-35-51(36-42-54)59-25-14-28-63-57(23-12-30-65(59)63)48-18-7-3-8-19-48/h2-45H,1H3. The van der Waals surface area contributed by atoms with Gasteiger partial charge >= 0.3 is 0 Å². The molecular weight excluding hydrogens is 819 g/mol. The lowest BCUT2D eigenvalue weighted by atomic mass is 9.90. The Bertz CT molecular complexity index is 3580. The second kappa shape index (κ2) is 17.5. The van der Waals surface area contributed by atoms with Crippen LogP contribution in [-0.2, 0) is 0 Å². The average Bonchev–Trinajstić information content (AvgIpc) is 3.42. The van der Waals surface area contributed by atoms with Crippen molar-refractivity contribution < 1.29 is 0 Å². The quantitative estimate of drug-likeness (QED) is 0.140. The predicted molar refractivity (Wildman–Crippen MR) is 291 cm³/mol. The molecule has 0 bridgehead atoms. The summed E-state index contributed by atoms with van der Waals surface area (Å²) in [6.45, 7) is 2.22. The Kier molecular flexibility index (Phi) is 10.5. The van der Waals surface area contributed by atoms with Crippen molar-refractivity contribution in [1.29, 1.82) is 0 Å². The molecule has 0 heterocycles.